The van der Waals surface area contributed by atoms with E-state index in [9.17, 15) is 0 Å². The molecule has 5 rings (SSSR count). The monoisotopic (exact) mass is 485 g/mol. The molecule has 0 saturated heterocycles. The Hall–Kier alpha value is -3.54. The first kappa shape index (κ1) is 23.2. The van der Waals surface area contributed by atoms with Gasteiger partial charge in [0, 0.05) is 29.7 Å². The van der Waals surface area contributed by atoms with E-state index in [2.05, 4.69) is 145 Å². The standard InChI is InChI=1S/C32H31NSi2/c1-5-15-27(16-6-1)31(28-17-7-2-8-18-28)34-35(25-26-14-13-23-33-24-26)32(29-19-9-3-10-20-29)30-21-11-4-12-22-30/h1-24,31-32,35H,25,34H2. The van der Waals surface area contributed by atoms with Crippen LogP contribution < -0.4 is 0 Å². The topological polar surface area (TPSA) is 12.9 Å². The summed E-state index contributed by atoms with van der Waals surface area (Å²) in [6.07, 6.45) is 3.97. The fourth-order valence-electron chi connectivity index (χ4n) is 5.35. The number of benzene rings is 4. The van der Waals surface area contributed by atoms with Crippen molar-refractivity contribution in [3.8, 4) is 0 Å². The molecule has 1 nitrogen and oxygen atoms in total. The van der Waals surface area contributed by atoms with Crippen LogP contribution in [0.15, 0.2) is 146 Å². The van der Waals surface area contributed by atoms with Crippen molar-refractivity contribution in [2.75, 3.05) is 0 Å². The third-order valence-electron chi connectivity index (χ3n) is 6.95. The summed E-state index contributed by atoms with van der Waals surface area (Å²) >= 11 is 0. The Labute approximate surface area is 212 Å². The Bertz CT molecular complexity index is 1200. The predicted molar refractivity (Wildman–Crippen MR) is 153 cm³/mol. The van der Waals surface area contributed by atoms with E-state index in [0.29, 0.717) is 11.1 Å². The summed E-state index contributed by atoms with van der Waals surface area (Å²) in [5.41, 5.74) is 8.24. The molecule has 5 aromatic rings. The smallest absolute Gasteiger partial charge is 0.0438 e. The lowest BCUT2D eigenvalue weighted by Crippen LogP contribution is -2.38. The summed E-state index contributed by atoms with van der Waals surface area (Å²) in [4.78, 5) is 4.48. The van der Waals surface area contributed by atoms with Gasteiger partial charge in [0.1, 0.15) is 0 Å². The zero-order valence-electron chi connectivity index (χ0n) is 19.9. The van der Waals surface area contributed by atoms with Gasteiger partial charge in [-0.15, -0.1) is 0 Å². The molecule has 3 heteroatoms. The van der Waals surface area contributed by atoms with Crippen molar-refractivity contribution in [3.05, 3.63) is 174 Å². The molecule has 0 aliphatic heterocycles. The second-order valence-electron chi connectivity index (χ2n) is 9.23. The fraction of sp³-hybridized carbons (Fsp3) is 0.0938. The molecule has 0 amide bonds. The third kappa shape index (κ3) is 5.94. The maximum atomic E-state index is 4.48. The molecule has 1 heterocycles. The molecule has 0 radical (unpaired) electrons. The Kier molecular flexibility index (Phi) is 7.79. The average molecular weight is 486 g/mol. The van der Waals surface area contributed by atoms with Gasteiger partial charge in [-0.3, -0.25) is 4.98 Å². The molecule has 1 aromatic heterocycles. The van der Waals surface area contributed by atoms with Crippen molar-refractivity contribution in [2.24, 2.45) is 0 Å². The molecule has 172 valence electrons. The summed E-state index contributed by atoms with van der Waals surface area (Å²) < 4.78 is 0. The maximum Gasteiger partial charge on any atom is 0.0438 e. The van der Waals surface area contributed by atoms with Crippen molar-refractivity contribution >= 4 is 17.4 Å². The van der Waals surface area contributed by atoms with Gasteiger partial charge in [-0.05, 0) is 51.0 Å². The SMILES string of the molecule is c1ccc(C([SiH2][SiH](Cc2cccnc2)C(c2ccccc2)c2ccccc2)c2ccccc2)cc1. The number of hydrogen-bond acceptors (Lipinski definition) is 1. The summed E-state index contributed by atoms with van der Waals surface area (Å²) in [5.74, 6) is 0. The van der Waals surface area contributed by atoms with Crippen LogP contribution in [0.1, 0.15) is 38.9 Å². The van der Waals surface area contributed by atoms with Crippen LogP contribution in [-0.4, -0.2) is 22.3 Å². The van der Waals surface area contributed by atoms with Gasteiger partial charge in [-0.1, -0.05) is 127 Å². The number of rotatable bonds is 9. The molecule has 0 saturated carbocycles. The van der Waals surface area contributed by atoms with E-state index in [4.69, 9.17) is 0 Å². The Morgan fingerprint density at radius 2 is 1.00 bits per heavy atom. The Morgan fingerprint density at radius 3 is 1.43 bits per heavy atom. The van der Waals surface area contributed by atoms with Crippen LogP contribution in [0.4, 0.5) is 0 Å². The molecule has 0 bridgehead atoms. The van der Waals surface area contributed by atoms with Crippen LogP contribution in [0, 0.1) is 0 Å². The first-order chi connectivity index (χ1) is 17.4. The quantitative estimate of drug-likeness (QED) is 0.226. The van der Waals surface area contributed by atoms with Crippen LogP contribution in [0.25, 0.3) is 0 Å². The molecular weight excluding hydrogens is 455 g/mol. The zero-order valence-corrected chi connectivity index (χ0v) is 22.5. The minimum atomic E-state index is -1.33. The van der Waals surface area contributed by atoms with Crippen molar-refractivity contribution in [2.45, 2.75) is 17.1 Å². The normalized spacial score (nSPS) is 12.4. The van der Waals surface area contributed by atoms with E-state index in [1.807, 2.05) is 6.20 Å². The van der Waals surface area contributed by atoms with Crippen molar-refractivity contribution in [1.29, 1.82) is 0 Å². The first-order valence-corrected chi connectivity index (χ1v) is 18.0. The van der Waals surface area contributed by atoms with Gasteiger partial charge in [0.05, 0.1) is 0 Å². The summed E-state index contributed by atoms with van der Waals surface area (Å²) in [5, 5.41) is 0. The number of pyridine rings is 1. The highest BCUT2D eigenvalue weighted by atomic mass is 29.2. The predicted octanol–water partition coefficient (Wildman–Crippen LogP) is 6.22. The van der Waals surface area contributed by atoms with E-state index in [1.54, 1.807) is 0 Å². The van der Waals surface area contributed by atoms with E-state index in [1.165, 1.54) is 33.9 Å². The van der Waals surface area contributed by atoms with E-state index in [-0.39, 0.29) is 0 Å². The summed E-state index contributed by atoms with van der Waals surface area (Å²) in [6.45, 7) is 0. The number of hydrogen-bond donors (Lipinski definition) is 0. The van der Waals surface area contributed by atoms with Gasteiger partial charge in [0.2, 0.25) is 0 Å². The second kappa shape index (κ2) is 11.7. The highest BCUT2D eigenvalue weighted by Gasteiger charge is 2.31. The number of aromatic nitrogens is 1. The molecule has 1 unspecified atom stereocenters. The summed E-state index contributed by atoms with van der Waals surface area (Å²) in [6, 6.07) is 50.4. The van der Waals surface area contributed by atoms with Gasteiger partial charge in [0.15, 0.2) is 0 Å². The van der Waals surface area contributed by atoms with Gasteiger partial charge in [-0.25, -0.2) is 0 Å². The lowest BCUT2D eigenvalue weighted by atomic mass is 10.0. The molecule has 4 aromatic carbocycles. The molecular formula is C32H31NSi2. The zero-order chi connectivity index (χ0) is 23.7. The molecule has 1 atom stereocenters. The van der Waals surface area contributed by atoms with Gasteiger partial charge >= 0.3 is 0 Å². The molecule has 0 N–H and O–H groups in total. The van der Waals surface area contributed by atoms with Crippen LogP contribution in [0.3, 0.4) is 0 Å². The molecule has 0 aliphatic carbocycles. The minimum absolute atomic E-state index is 0.485. The van der Waals surface area contributed by atoms with Gasteiger partial charge in [0.25, 0.3) is 0 Å². The van der Waals surface area contributed by atoms with Crippen LogP contribution >= 0.6 is 0 Å². The first-order valence-electron chi connectivity index (χ1n) is 12.5. The van der Waals surface area contributed by atoms with E-state index in [0.717, 1.165) is 0 Å². The van der Waals surface area contributed by atoms with Crippen molar-refractivity contribution in [1.82, 2.24) is 4.98 Å². The third-order valence-corrected chi connectivity index (χ3v) is 17.2. The lowest BCUT2D eigenvalue weighted by Gasteiger charge is -2.31. The largest absolute Gasteiger partial charge is 0.264 e. The van der Waals surface area contributed by atoms with E-state index < -0.39 is 17.4 Å². The molecule has 0 fully saturated rings. The van der Waals surface area contributed by atoms with E-state index >= 15 is 0 Å². The molecule has 0 spiro atoms. The van der Waals surface area contributed by atoms with Crippen LogP contribution in [0.2, 0.25) is 0 Å². The highest BCUT2D eigenvalue weighted by molar-refractivity contribution is 7.13. The van der Waals surface area contributed by atoms with Crippen LogP contribution in [-0.2, 0) is 6.04 Å². The average Bonchev–Trinajstić information content (AvgIpc) is 2.94. The summed E-state index contributed by atoms with van der Waals surface area (Å²) in [7, 11) is -1.85. The fourth-order valence-corrected chi connectivity index (χ4v) is 17.5. The molecule has 35 heavy (non-hydrogen) atoms. The number of nitrogens with zero attached hydrogens (tertiary/aromatic N) is 1. The minimum Gasteiger partial charge on any atom is -0.264 e. The lowest BCUT2D eigenvalue weighted by molar-refractivity contribution is 1.07. The Balaban J connectivity index is 1.61. The second-order valence-corrected chi connectivity index (χ2v) is 17.7. The molecule has 0 aliphatic rings. The van der Waals surface area contributed by atoms with Crippen molar-refractivity contribution < 1.29 is 0 Å². The van der Waals surface area contributed by atoms with Gasteiger partial charge in [-0.2, -0.15) is 0 Å². The Morgan fingerprint density at radius 1 is 0.543 bits per heavy atom. The van der Waals surface area contributed by atoms with Crippen molar-refractivity contribution in [3.63, 3.8) is 0 Å². The highest BCUT2D eigenvalue weighted by Crippen LogP contribution is 2.32. The maximum absolute atomic E-state index is 4.48. The van der Waals surface area contributed by atoms with Gasteiger partial charge < -0.3 is 0 Å². The van der Waals surface area contributed by atoms with Crippen LogP contribution in [0.5, 0.6) is 0 Å².